The van der Waals surface area contributed by atoms with Gasteiger partial charge in [0.05, 0.1) is 6.04 Å². The number of nitrogens with zero attached hydrogens (tertiary/aromatic N) is 1. The Bertz CT molecular complexity index is 568. The first-order valence-electron chi connectivity index (χ1n) is 6.46. The number of hydrogen-bond donors (Lipinski definition) is 0. The van der Waals surface area contributed by atoms with Crippen molar-refractivity contribution in [1.82, 2.24) is 4.31 Å². The SMILES string of the molecule is CCCN1C2CCCc3cccc(c32)OS1(=O)=O. The van der Waals surface area contributed by atoms with E-state index in [0.29, 0.717) is 12.3 Å². The van der Waals surface area contributed by atoms with E-state index in [9.17, 15) is 8.42 Å². The zero-order valence-electron chi connectivity index (χ0n) is 10.4. The van der Waals surface area contributed by atoms with Crippen LogP contribution in [0.3, 0.4) is 0 Å². The Morgan fingerprint density at radius 1 is 1.44 bits per heavy atom. The molecule has 1 aromatic rings. The second kappa shape index (κ2) is 4.24. The highest BCUT2D eigenvalue weighted by atomic mass is 32.2. The minimum atomic E-state index is -3.61. The van der Waals surface area contributed by atoms with Gasteiger partial charge in [0.1, 0.15) is 5.75 Å². The van der Waals surface area contributed by atoms with Crippen LogP contribution in [0.4, 0.5) is 0 Å². The zero-order valence-corrected chi connectivity index (χ0v) is 11.2. The quantitative estimate of drug-likeness (QED) is 0.826. The molecular formula is C13H17NO3S. The third-order valence-electron chi connectivity index (χ3n) is 3.69. The van der Waals surface area contributed by atoms with E-state index in [1.165, 1.54) is 9.87 Å². The molecule has 0 N–H and O–H groups in total. The third-order valence-corrected chi connectivity index (χ3v) is 5.09. The van der Waals surface area contributed by atoms with Gasteiger partial charge in [-0.05, 0) is 37.3 Å². The molecule has 0 spiro atoms. The number of aryl methyl sites for hydroxylation is 1. The maximum absolute atomic E-state index is 12.1. The summed E-state index contributed by atoms with van der Waals surface area (Å²) in [7, 11) is -3.61. The largest absolute Gasteiger partial charge is 0.385 e. The normalized spacial score (nSPS) is 25.3. The standard InChI is InChI=1S/C13H17NO3S/c1-2-9-14-11-7-3-5-10-6-4-8-12(13(10)11)17-18(14,15)16/h4,6,8,11H,2-3,5,7,9H2,1H3. The number of rotatable bonds is 2. The van der Waals surface area contributed by atoms with E-state index in [4.69, 9.17) is 4.18 Å². The lowest BCUT2D eigenvalue weighted by atomic mass is 9.87. The van der Waals surface area contributed by atoms with E-state index >= 15 is 0 Å². The lowest BCUT2D eigenvalue weighted by Crippen LogP contribution is -2.43. The molecule has 1 aromatic carbocycles. The Morgan fingerprint density at radius 3 is 3.06 bits per heavy atom. The highest BCUT2D eigenvalue weighted by molar-refractivity contribution is 7.84. The van der Waals surface area contributed by atoms with E-state index in [1.54, 1.807) is 6.07 Å². The fourth-order valence-corrected chi connectivity index (χ4v) is 4.38. The lowest BCUT2D eigenvalue weighted by Gasteiger charge is -2.38. The van der Waals surface area contributed by atoms with Crippen LogP contribution in [0.2, 0.25) is 0 Å². The molecule has 4 nitrogen and oxygen atoms in total. The van der Waals surface area contributed by atoms with Crippen LogP contribution < -0.4 is 4.18 Å². The van der Waals surface area contributed by atoms with Gasteiger partial charge in [0, 0.05) is 12.1 Å². The molecule has 3 rings (SSSR count). The van der Waals surface area contributed by atoms with Gasteiger partial charge >= 0.3 is 10.3 Å². The number of benzene rings is 1. The van der Waals surface area contributed by atoms with E-state index in [0.717, 1.165) is 31.2 Å². The van der Waals surface area contributed by atoms with Crippen LogP contribution in [0.15, 0.2) is 18.2 Å². The van der Waals surface area contributed by atoms with Crippen LogP contribution in [0.5, 0.6) is 5.75 Å². The molecule has 0 saturated heterocycles. The van der Waals surface area contributed by atoms with Crippen molar-refractivity contribution >= 4 is 10.3 Å². The molecule has 1 unspecified atom stereocenters. The average Bonchev–Trinajstić information content (AvgIpc) is 2.34. The zero-order chi connectivity index (χ0) is 12.8. The molecule has 5 heteroatoms. The highest BCUT2D eigenvalue weighted by Crippen LogP contribution is 2.45. The molecule has 0 aromatic heterocycles. The van der Waals surface area contributed by atoms with Crippen molar-refractivity contribution in [2.75, 3.05) is 6.54 Å². The Kier molecular flexibility index (Phi) is 2.83. The monoisotopic (exact) mass is 267 g/mol. The summed E-state index contributed by atoms with van der Waals surface area (Å²) in [6.07, 6.45) is 3.75. The first-order valence-corrected chi connectivity index (χ1v) is 7.83. The van der Waals surface area contributed by atoms with Crippen molar-refractivity contribution in [2.45, 2.75) is 38.6 Å². The molecule has 98 valence electrons. The molecule has 1 atom stereocenters. The molecule has 1 aliphatic carbocycles. The topological polar surface area (TPSA) is 46.6 Å². The summed E-state index contributed by atoms with van der Waals surface area (Å²) in [5.41, 5.74) is 2.33. The third kappa shape index (κ3) is 1.73. The van der Waals surface area contributed by atoms with Crippen LogP contribution in [-0.2, 0) is 16.7 Å². The van der Waals surface area contributed by atoms with Crippen molar-refractivity contribution in [3.63, 3.8) is 0 Å². The van der Waals surface area contributed by atoms with Gasteiger partial charge in [-0.2, -0.15) is 12.7 Å². The van der Waals surface area contributed by atoms with E-state index in [-0.39, 0.29) is 6.04 Å². The van der Waals surface area contributed by atoms with Gasteiger partial charge in [0.2, 0.25) is 0 Å². The van der Waals surface area contributed by atoms with Gasteiger partial charge in [0.15, 0.2) is 0 Å². The van der Waals surface area contributed by atoms with Crippen molar-refractivity contribution in [2.24, 2.45) is 0 Å². The van der Waals surface area contributed by atoms with Gasteiger partial charge in [-0.15, -0.1) is 0 Å². The van der Waals surface area contributed by atoms with Gasteiger partial charge in [-0.3, -0.25) is 0 Å². The summed E-state index contributed by atoms with van der Waals surface area (Å²) in [6.45, 7) is 2.51. The summed E-state index contributed by atoms with van der Waals surface area (Å²) < 4.78 is 31.0. The van der Waals surface area contributed by atoms with Crippen molar-refractivity contribution in [1.29, 1.82) is 0 Å². The summed E-state index contributed by atoms with van der Waals surface area (Å²) >= 11 is 0. The summed E-state index contributed by atoms with van der Waals surface area (Å²) in [4.78, 5) is 0. The minimum Gasteiger partial charge on any atom is -0.370 e. The molecule has 0 amide bonds. The summed E-state index contributed by atoms with van der Waals surface area (Å²) in [5, 5.41) is 0. The van der Waals surface area contributed by atoms with Crippen molar-refractivity contribution in [3.8, 4) is 5.75 Å². The van der Waals surface area contributed by atoms with Crippen LogP contribution in [0.1, 0.15) is 43.4 Å². The van der Waals surface area contributed by atoms with Crippen LogP contribution in [0, 0.1) is 0 Å². The first kappa shape index (κ1) is 12.0. The fraction of sp³-hybridized carbons (Fsp3) is 0.538. The second-order valence-electron chi connectivity index (χ2n) is 4.89. The van der Waals surface area contributed by atoms with E-state index in [2.05, 4.69) is 6.07 Å². The molecule has 0 saturated carbocycles. The fourth-order valence-electron chi connectivity index (χ4n) is 2.98. The molecule has 18 heavy (non-hydrogen) atoms. The summed E-state index contributed by atoms with van der Waals surface area (Å²) in [5.74, 6) is 0.532. The predicted octanol–water partition coefficient (Wildman–Crippen LogP) is 2.41. The first-order chi connectivity index (χ1) is 8.63. The molecular weight excluding hydrogens is 250 g/mol. The maximum atomic E-state index is 12.1. The molecule has 2 aliphatic rings. The van der Waals surface area contributed by atoms with Crippen molar-refractivity contribution < 1.29 is 12.6 Å². The van der Waals surface area contributed by atoms with Crippen LogP contribution in [-0.4, -0.2) is 19.3 Å². The Morgan fingerprint density at radius 2 is 2.28 bits per heavy atom. The highest BCUT2D eigenvalue weighted by Gasteiger charge is 2.41. The second-order valence-corrected chi connectivity index (χ2v) is 6.38. The van der Waals surface area contributed by atoms with Gasteiger partial charge in [-0.25, -0.2) is 0 Å². The predicted molar refractivity (Wildman–Crippen MR) is 68.7 cm³/mol. The van der Waals surface area contributed by atoms with Gasteiger partial charge in [-0.1, -0.05) is 19.1 Å². The molecule has 0 bridgehead atoms. The van der Waals surface area contributed by atoms with Gasteiger partial charge in [0.25, 0.3) is 0 Å². The molecule has 0 radical (unpaired) electrons. The van der Waals surface area contributed by atoms with Gasteiger partial charge < -0.3 is 4.18 Å². The minimum absolute atomic E-state index is 0.0244. The Hall–Kier alpha value is -1.07. The molecule has 0 fully saturated rings. The van der Waals surface area contributed by atoms with E-state index < -0.39 is 10.3 Å². The molecule has 1 heterocycles. The maximum Gasteiger partial charge on any atom is 0.385 e. The average molecular weight is 267 g/mol. The van der Waals surface area contributed by atoms with Crippen LogP contribution >= 0.6 is 0 Å². The lowest BCUT2D eigenvalue weighted by molar-refractivity contribution is 0.244. The Labute approximate surface area is 108 Å². The smallest absolute Gasteiger partial charge is 0.370 e. The molecule has 1 aliphatic heterocycles. The van der Waals surface area contributed by atoms with Crippen LogP contribution in [0.25, 0.3) is 0 Å². The van der Waals surface area contributed by atoms with Crippen molar-refractivity contribution in [3.05, 3.63) is 29.3 Å². The number of hydrogen-bond acceptors (Lipinski definition) is 3. The Balaban J connectivity index is 2.15. The summed E-state index contributed by atoms with van der Waals surface area (Å²) in [6, 6.07) is 5.69. The van der Waals surface area contributed by atoms with E-state index in [1.807, 2.05) is 13.0 Å².